The zero-order valence-electron chi connectivity index (χ0n) is 15.4. The maximum atomic E-state index is 12.2. The van der Waals surface area contributed by atoms with E-state index < -0.39 is 0 Å². The summed E-state index contributed by atoms with van der Waals surface area (Å²) in [6.45, 7) is 2.03. The van der Waals surface area contributed by atoms with Crippen molar-refractivity contribution < 1.29 is 13.9 Å². The fraction of sp³-hybridized carbons (Fsp3) is 0.136. The van der Waals surface area contributed by atoms with Crippen LogP contribution in [0.4, 0.5) is 5.69 Å². The Kier molecular flexibility index (Phi) is 5.01. The van der Waals surface area contributed by atoms with Gasteiger partial charge in [-0.05, 0) is 54.4 Å². The monoisotopic (exact) mass is 373 g/mol. The fourth-order valence-electron chi connectivity index (χ4n) is 2.79. The van der Waals surface area contributed by atoms with Crippen LogP contribution in [-0.4, -0.2) is 22.5 Å². The summed E-state index contributed by atoms with van der Waals surface area (Å²) in [6.07, 6.45) is 2.63. The second kappa shape index (κ2) is 7.92. The van der Waals surface area contributed by atoms with Crippen molar-refractivity contribution in [3.8, 4) is 17.2 Å². The topological polar surface area (TPSA) is 77.2 Å². The molecule has 0 spiro atoms. The molecule has 2 aromatic heterocycles. The number of pyridine rings is 1. The standard InChI is InChI=1S/C22H19N3O3/c1-2-15-8-10-18(11-9-15)27-14-20(26)24-17-6-3-5-16(13-17)22-25-21-19(28-22)7-4-12-23-21/h3-13H,2,14H2,1H3,(H,24,26). The fourth-order valence-corrected chi connectivity index (χ4v) is 2.79. The predicted octanol–water partition coefficient (Wildman–Crippen LogP) is 4.47. The number of aromatic nitrogens is 2. The van der Waals surface area contributed by atoms with Gasteiger partial charge in [0.05, 0.1) is 0 Å². The number of hydrogen-bond acceptors (Lipinski definition) is 5. The largest absolute Gasteiger partial charge is 0.484 e. The highest BCUT2D eigenvalue weighted by Gasteiger charge is 2.10. The number of aryl methyl sites for hydroxylation is 1. The predicted molar refractivity (Wildman–Crippen MR) is 107 cm³/mol. The molecule has 6 heteroatoms. The molecule has 4 rings (SSSR count). The first-order valence-electron chi connectivity index (χ1n) is 9.05. The molecule has 2 heterocycles. The number of fused-ring (bicyclic) bond motifs is 1. The van der Waals surface area contributed by atoms with Gasteiger partial charge in [-0.3, -0.25) is 4.79 Å². The zero-order valence-corrected chi connectivity index (χ0v) is 15.4. The van der Waals surface area contributed by atoms with E-state index in [1.165, 1.54) is 5.56 Å². The molecule has 1 N–H and O–H groups in total. The van der Waals surface area contributed by atoms with Crippen LogP contribution in [0.1, 0.15) is 12.5 Å². The van der Waals surface area contributed by atoms with Crippen molar-refractivity contribution in [3.05, 3.63) is 72.4 Å². The van der Waals surface area contributed by atoms with Gasteiger partial charge in [0.25, 0.3) is 5.91 Å². The molecule has 0 saturated heterocycles. The van der Waals surface area contributed by atoms with Gasteiger partial charge in [0, 0.05) is 17.4 Å². The van der Waals surface area contributed by atoms with Crippen LogP contribution in [0.3, 0.4) is 0 Å². The van der Waals surface area contributed by atoms with Crippen molar-refractivity contribution in [3.63, 3.8) is 0 Å². The molecular formula is C22H19N3O3. The number of rotatable bonds is 6. The van der Waals surface area contributed by atoms with Gasteiger partial charge >= 0.3 is 0 Å². The number of hydrogen-bond donors (Lipinski definition) is 1. The summed E-state index contributed by atoms with van der Waals surface area (Å²) in [5.74, 6) is 0.882. The first-order chi connectivity index (χ1) is 13.7. The number of carbonyl (C=O) groups is 1. The van der Waals surface area contributed by atoms with Gasteiger partial charge in [-0.2, -0.15) is 4.98 Å². The van der Waals surface area contributed by atoms with Gasteiger partial charge in [0.1, 0.15) is 5.75 Å². The molecule has 0 saturated carbocycles. The number of benzene rings is 2. The van der Waals surface area contributed by atoms with Crippen molar-refractivity contribution >= 4 is 22.8 Å². The van der Waals surface area contributed by atoms with E-state index >= 15 is 0 Å². The Labute approximate surface area is 162 Å². The van der Waals surface area contributed by atoms with Crippen LogP contribution in [0.2, 0.25) is 0 Å². The van der Waals surface area contributed by atoms with E-state index in [1.54, 1.807) is 24.4 Å². The molecule has 1 amide bonds. The third-order valence-electron chi connectivity index (χ3n) is 4.26. The summed E-state index contributed by atoms with van der Waals surface area (Å²) >= 11 is 0. The highest BCUT2D eigenvalue weighted by molar-refractivity contribution is 5.92. The molecular weight excluding hydrogens is 354 g/mol. The highest BCUT2D eigenvalue weighted by atomic mass is 16.5. The van der Waals surface area contributed by atoms with E-state index in [4.69, 9.17) is 9.15 Å². The SMILES string of the molecule is CCc1ccc(OCC(=O)Nc2cccc(-c3nc4ncccc4o3)c2)cc1. The van der Waals surface area contributed by atoms with E-state index in [9.17, 15) is 4.79 Å². The van der Waals surface area contributed by atoms with Crippen LogP contribution in [0.15, 0.2) is 71.3 Å². The number of carbonyl (C=O) groups excluding carboxylic acids is 1. The minimum absolute atomic E-state index is 0.0670. The molecule has 0 aliphatic rings. The molecule has 0 aliphatic carbocycles. The van der Waals surface area contributed by atoms with Crippen molar-refractivity contribution in [1.29, 1.82) is 0 Å². The molecule has 0 aliphatic heterocycles. The molecule has 0 fully saturated rings. The summed E-state index contributed by atoms with van der Waals surface area (Å²) in [5, 5.41) is 2.83. The average molecular weight is 373 g/mol. The number of nitrogens with zero attached hydrogens (tertiary/aromatic N) is 2. The molecule has 140 valence electrons. The van der Waals surface area contributed by atoms with Crippen LogP contribution >= 0.6 is 0 Å². The lowest BCUT2D eigenvalue weighted by atomic mass is 10.2. The molecule has 0 bridgehead atoms. The third-order valence-corrected chi connectivity index (χ3v) is 4.26. The molecule has 4 aromatic rings. The number of ether oxygens (including phenoxy) is 1. The summed E-state index contributed by atoms with van der Waals surface area (Å²) < 4.78 is 11.3. The quantitative estimate of drug-likeness (QED) is 0.540. The lowest BCUT2D eigenvalue weighted by Crippen LogP contribution is -2.20. The molecule has 0 atom stereocenters. The Hall–Kier alpha value is -3.67. The van der Waals surface area contributed by atoms with Crippen molar-refractivity contribution in [1.82, 2.24) is 9.97 Å². The highest BCUT2D eigenvalue weighted by Crippen LogP contribution is 2.25. The van der Waals surface area contributed by atoms with Gasteiger partial charge in [-0.15, -0.1) is 0 Å². The van der Waals surface area contributed by atoms with Gasteiger partial charge in [-0.25, -0.2) is 4.98 Å². The smallest absolute Gasteiger partial charge is 0.262 e. The maximum Gasteiger partial charge on any atom is 0.262 e. The number of nitrogens with one attached hydrogen (secondary N) is 1. The van der Waals surface area contributed by atoms with Crippen LogP contribution < -0.4 is 10.1 Å². The van der Waals surface area contributed by atoms with Crippen LogP contribution in [0.25, 0.3) is 22.7 Å². The summed E-state index contributed by atoms with van der Waals surface area (Å²) in [7, 11) is 0. The zero-order chi connectivity index (χ0) is 19.3. The second-order valence-electron chi connectivity index (χ2n) is 6.26. The number of amides is 1. The minimum Gasteiger partial charge on any atom is -0.484 e. The Morgan fingerprint density at radius 3 is 2.75 bits per heavy atom. The summed E-state index contributed by atoms with van der Waals surface area (Å²) in [5.41, 5.74) is 3.79. The average Bonchev–Trinajstić information content (AvgIpc) is 3.17. The van der Waals surface area contributed by atoms with Crippen molar-refractivity contribution in [2.24, 2.45) is 0 Å². The molecule has 2 aromatic carbocycles. The van der Waals surface area contributed by atoms with Gasteiger partial charge in [0.2, 0.25) is 5.89 Å². The van der Waals surface area contributed by atoms with E-state index in [-0.39, 0.29) is 12.5 Å². The van der Waals surface area contributed by atoms with E-state index in [1.807, 2.05) is 42.5 Å². The van der Waals surface area contributed by atoms with E-state index in [0.29, 0.717) is 28.6 Å². The first-order valence-corrected chi connectivity index (χ1v) is 9.05. The Bertz CT molecular complexity index is 1070. The minimum atomic E-state index is -0.240. The maximum absolute atomic E-state index is 12.2. The number of oxazole rings is 1. The Morgan fingerprint density at radius 2 is 1.96 bits per heavy atom. The molecule has 28 heavy (non-hydrogen) atoms. The molecule has 6 nitrogen and oxygen atoms in total. The van der Waals surface area contributed by atoms with E-state index in [2.05, 4.69) is 22.2 Å². The lowest BCUT2D eigenvalue weighted by Gasteiger charge is -2.08. The Balaban J connectivity index is 1.41. The van der Waals surface area contributed by atoms with Gasteiger partial charge in [-0.1, -0.05) is 25.1 Å². The van der Waals surface area contributed by atoms with E-state index in [0.717, 1.165) is 12.0 Å². The summed E-state index contributed by atoms with van der Waals surface area (Å²) in [6, 6.07) is 18.6. The normalized spacial score (nSPS) is 10.8. The molecule has 0 radical (unpaired) electrons. The van der Waals surface area contributed by atoms with Gasteiger partial charge in [0.15, 0.2) is 17.8 Å². The van der Waals surface area contributed by atoms with Gasteiger partial charge < -0.3 is 14.5 Å². The third kappa shape index (κ3) is 4.01. The molecule has 0 unspecified atom stereocenters. The second-order valence-corrected chi connectivity index (χ2v) is 6.26. The first kappa shape index (κ1) is 17.7. The van der Waals surface area contributed by atoms with Crippen molar-refractivity contribution in [2.75, 3.05) is 11.9 Å². The Morgan fingerprint density at radius 1 is 1.11 bits per heavy atom. The number of anilines is 1. The summed E-state index contributed by atoms with van der Waals surface area (Å²) in [4.78, 5) is 20.8. The van der Waals surface area contributed by atoms with Crippen LogP contribution in [-0.2, 0) is 11.2 Å². The van der Waals surface area contributed by atoms with Crippen LogP contribution in [0.5, 0.6) is 5.75 Å². The lowest BCUT2D eigenvalue weighted by molar-refractivity contribution is -0.118. The van der Waals surface area contributed by atoms with Crippen molar-refractivity contribution in [2.45, 2.75) is 13.3 Å². The van der Waals surface area contributed by atoms with Crippen LogP contribution in [0, 0.1) is 0 Å².